The van der Waals surface area contributed by atoms with Crippen molar-refractivity contribution in [3.05, 3.63) is 58.1 Å². The minimum atomic E-state index is -4.57. The number of hydrogen-bond donors (Lipinski definition) is 2. The lowest BCUT2D eigenvalue weighted by molar-refractivity contribution is -0.137. The minimum Gasteiger partial charge on any atom is -0.379 e. The summed E-state index contributed by atoms with van der Waals surface area (Å²) in [7, 11) is 0. The van der Waals surface area contributed by atoms with Crippen molar-refractivity contribution in [2.45, 2.75) is 25.2 Å². The van der Waals surface area contributed by atoms with Gasteiger partial charge in [0.05, 0.1) is 48.6 Å². The fraction of sp³-hybridized carbons (Fsp3) is 0.462. The zero-order chi connectivity index (χ0) is 28.4. The SMILES string of the molecule is CC(=O)N1C[C@@H](NC(=O)c2ccc3[nH]c(=O)n(-c4ccc(C(F)(F)F)cn4)c3c2)[C@H](OCCN2CCOCC2)C1. The molecule has 40 heavy (non-hydrogen) atoms. The summed E-state index contributed by atoms with van der Waals surface area (Å²) in [6.45, 7) is 6.23. The van der Waals surface area contributed by atoms with Crippen molar-refractivity contribution in [1.82, 2.24) is 29.7 Å². The molecule has 5 rings (SSSR count). The maximum absolute atomic E-state index is 13.3. The Hall–Kier alpha value is -3.75. The van der Waals surface area contributed by atoms with E-state index in [1.54, 1.807) is 11.0 Å². The summed E-state index contributed by atoms with van der Waals surface area (Å²) in [6.07, 6.45) is -4.32. The Kier molecular flexibility index (Phi) is 7.92. The van der Waals surface area contributed by atoms with E-state index in [0.29, 0.717) is 44.6 Å². The van der Waals surface area contributed by atoms with Crippen molar-refractivity contribution in [3.8, 4) is 5.82 Å². The third-order valence-electron chi connectivity index (χ3n) is 7.12. The van der Waals surface area contributed by atoms with Crippen LogP contribution in [0.4, 0.5) is 13.2 Å². The van der Waals surface area contributed by atoms with Crippen molar-refractivity contribution in [1.29, 1.82) is 0 Å². The number of H-pyrrole nitrogens is 1. The van der Waals surface area contributed by atoms with Crippen LogP contribution in [0.5, 0.6) is 0 Å². The number of imidazole rings is 1. The zero-order valence-electron chi connectivity index (χ0n) is 21.7. The predicted octanol–water partition coefficient (Wildman–Crippen LogP) is 1.41. The quantitative estimate of drug-likeness (QED) is 0.447. The molecule has 0 spiro atoms. The summed E-state index contributed by atoms with van der Waals surface area (Å²) in [6, 6.07) is 6.01. The molecule has 2 saturated heterocycles. The number of ether oxygens (including phenoxy) is 2. The lowest BCUT2D eigenvalue weighted by Gasteiger charge is -2.27. The van der Waals surface area contributed by atoms with Crippen molar-refractivity contribution in [2.75, 3.05) is 52.5 Å². The number of rotatable bonds is 7. The molecule has 2 aliphatic rings. The van der Waals surface area contributed by atoms with Gasteiger partial charge in [-0.1, -0.05) is 0 Å². The Bertz CT molecular complexity index is 1430. The molecule has 2 atom stereocenters. The first-order valence-electron chi connectivity index (χ1n) is 12.9. The van der Waals surface area contributed by atoms with Crippen molar-refractivity contribution >= 4 is 22.8 Å². The third-order valence-corrected chi connectivity index (χ3v) is 7.12. The molecule has 2 N–H and O–H groups in total. The van der Waals surface area contributed by atoms with Crippen LogP contribution in [-0.2, 0) is 20.4 Å². The summed E-state index contributed by atoms with van der Waals surface area (Å²) in [5.74, 6) is -0.594. The number of likely N-dealkylation sites (tertiary alicyclic amines) is 1. The number of morpholine rings is 1. The topological polar surface area (TPSA) is 122 Å². The van der Waals surface area contributed by atoms with Gasteiger partial charge in [0.25, 0.3) is 5.91 Å². The first-order valence-corrected chi connectivity index (χ1v) is 12.9. The second kappa shape index (κ2) is 11.4. The van der Waals surface area contributed by atoms with Gasteiger partial charge in [0.15, 0.2) is 0 Å². The summed E-state index contributed by atoms with van der Waals surface area (Å²) in [5.41, 5.74) is -0.666. The standard InChI is InChI=1S/C26H29F3N6O5/c1-16(36)34-14-20(22(15-34)40-11-8-33-6-9-39-10-7-33)31-24(37)17-2-4-19-21(12-17)35(25(38)32-19)23-5-3-18(13-30-23)26(27,28)29/h2-5,12-13,20,22H,6-11,14-15H2,1H3,(H,31,37)(H,32,38)/t20-,22-/m1/s1. The lowest BCUT2D eigenvalue weighted by Crippen LogP contribution is -2.45. The third kappa shape index (κ3) is 6.03. The number of amides is 2. The number of hydrogen-bond acceptors (Lipinski definition) is 7. The van der Waals surface area contributed by atoms with Gasteiger partial charge in [0.2, 0.25) is 5.91 Å². The Morgan fingerprint density at radius 3 is 2.62 bits per heavy atom. The van der Waals surface area contributed by atoms with Gasteiger partial charge in [-0.3, -0.25) is 14.5 Å². The van der Waals surface area contributed by atoms with Crippen LogP contribution in [0.2, 0.25) is 0 Å². The van der Waals surface area contributed by atoms with Crippen LogP contribution in [-0.4, -0.2) is 101 Å². The molecule has 2 aromatic heterocycles. The van der Waals surface area contributed by atoms with E-state index in [4.69, 9.17) is 9.47 Å². The number of nitrogens with zero attached hydrogens (tertiary/aromatic N) is 4. The Labute approximate surface area is 226 Å². The highest BCUT2D eigenvalue weighted by atomic mass is 19.4. The number of carbonyl (C=O) groups is 2. The largest absolute Gasteiger partial charge is 0.417 e. The van der Waals surface area contributed by atoms with Crippen LogP contribution in [0.25, 0.3) is 16.9 Å². The Morgan fingerprint density at radius 1 is 1.18 bits per heavy atom. The minimum absolute atomic E-state index is 0.0246. The Balaban J connectivity index is 1.32. The monoisotopic (exact) mass is 562 g/mol. The molecule has 0 aliphatic carbocycles. The number of pyridine rings is 1. The number of aromatic nitrogens is 3. The molecule has 0 saturated carbocycles. The molecule has 4 heterocycles. The van der Waals surface area contributed by atoms with Gasteiger partial charge < -0.3 is 24.7 Å². The molecule has 11 nitrogen and oxygen atoms in total. The van der Waals surface area contributed by atoms with Crippen molar-refractivity contribution in [2.24, 2.45) is 0 Å². The molecular weight excluding hydrogens is 533 g/mol. The normalized spacial score (nSPS) is 20.2. The second-order valence-electron chi connectivity index (χ2n) is 9.77. The van der Waals surface area contributed by atoms with Crippen LogP contribution < -0.4 is 11.0 Å². The number of fused-ring (bicyclic) bond motifs is 1. The molecule has 3 aromatic rings. The molecule has 2 aliphatic heterocycles. The second-order valence-corrected chi connectivity index (χ2v) is 9.77. The predicted molar refractivity (Wildman–Crippen MR) is 137 cm³/mol. The molecule has 0 unspecified atom stereocenters. The summed E-state index contributed by atoms with van der Waals surface area (Å²) < 4.78 is 51.4. The molecule has 1 aromatic carbocycles. The molecular formula is C26H29F3N6O5. The molecule has 14 heteroatoms. The van der Waals surface area contributed by atoms with Gasteiger partial charge in [-0.15, -0.1) is 0 Å². The van der Waals surface area contributed by atoms with Crippen molar-refractivity contribution in [3.63, 3.8) is 0 Å². The van der Waals surface area contributed by atoms with Crippen LogP contribution >= 0.6 is 0 Å². The highest BCUT2D eigenvalue weighted by Gasteiger charge is 2.36. The van der Waals surface area contributed by atoms with Crippen LogP contribution in [0.15, 0.2) is 41.3 Å². The van der Waals surface area contributed by atoms with E-state index in [1.807, 2.05) is 0 Å². The lowest BCUT2D eigenvalue weighted by atomic mass is 10.1. The molecule has 0 radical (unpaired) electrons. The fourth-order valence-electron chi connectivity index (χ4n) is 4.91. The first kappa shape index (κ1) is 27.8. The van der Waals surface area contributed by atoms with Crippen molar-refractivity contribution < 1.29 is 32.2 Å². The average molecular weight is 563 g/mol. The van der Waals surface area contributed by atoms with Crippen LogP contribution in [0.3, 0.4) is 0 Å². The van der Waals surface area contributed by atoms with E-state index in [9.17, 15) is 27.6 Å². The smallest absolute Gasteiger partial charge is 0.379 e. The van der Waals surface area contributed by atoms with Gasteiger partial charge in [-0.05, 0) is 30.3 Å². The van der Waals surface area contributed by atoms with E-state index in [1.165, 1.54) is 19.1 Å². The van der Waals surface area contributed by atoms with Gasteiger partial charge in [-0.2, -0.15) is 13.2 Å². The van der Waals surface area contributed by atoms with E-state index >= 15 is 0 Å². The van der Waals surface area contributed by atoms with Gasteiger partial charge in [-0.25, -0.2) is 14.3 Å². The maximum atomic E-state index is 13.3. The molecule has 2 fully saturated rings. The summed E-state index contributed by atoms with van der Waals surface area (Å²) in [5, 5.41) is 2.94. The van der Waals surface area contributed by atoms with E-state index < -0.39 is 35.5 Å². The fourth-order valence-corrected chi connectivity index (χ4v) is 4.91. The Morgan fingerprint density at radius 2 is 1.95 bits per heavy atom. The number of halogens is 3. The van der Waals surface area contributed by atoms with Crippen LogP contribution in [0, 0.1) is 0 Å². The summed E-state index contributed by atoms with van der Waals surface area (Å²) >= 11 is 0. The number of alkyl halides is 3. The molecule has 0 bridgehead atoms. The average Bonchev–Trinajstić information content (AvgIpc) is 3.48. The van der Waals surface area contributed by atoms with E-state index in [2.05, 4.69) is 20.2 Å². The molecule has 2 amide bonds. The van der Waals surface area contributed by atoms with Crippen LogP contribution in [0.1, 0.15) is 22.8 Å². The first-order chi connectivity index (χ1) is 19.1. The molecule has 214 valence electrons. The number of aromatic amines is 1. The highest BCUT2D eigenvalue weighted by molar-refractivity contribution is 5.97. The number of carbonyl (C=O) groups excluding carboxylic acids is 2. The van der Waals surface area contributed by atoms with Gasteiger partial charge in [0.1, 0.15) is 5.82 Å². The number of nitrogens with one attached hydrogen (secondary N) is 2. The zero-order valence-corrected chi connectivity index (χ0v) is 21.7. The van der Waals surface area contributed by atoms with E-state index in [-0.39, 0.29) is 29.3 Å². The number of benzene rings is 1. The van der Waals surface area contributed by atoms with Gasteiger partial charge >= 0.3 is 11.9 Å². The maximum Gasteiger partial charge on any atom is 0.417 e. The highest BCUT2D eigenvalue weighted by Crippen LogP contribution is 2.29. The summed E-state index contributed by atoms with van der Waals surface area (Å²) in [4.78, 5) is 48.2. The van der Waals surface area contributed by atoms with Gasteiger partial charge in [0, 0.05) is 51.4 Å². The van der Waals surface area contributed by atoms with E-state index in [0.717, 1.165) is 29.8 Å².